The maximum Gasteiger partial charge on any atom is 0.242 e. The number of carbonyl (C=O) groups excluding carboxylic acids is 1. The molecular weight excluding hydrogens is 324 g/mol. The van der Waals surface area contributed by atoms with Gasteiger partial charge < -0.3 is 0 Å². The Morgan fingerprint density at radius 3 is 2.65 bits per heavy atom. The van der Waals surface area contributed by atoms with E-state index in [0.29, 0.717) is 5.82 Å². The number of amides is 1. The lowest BCUT2D eigenvalue weighted by Crippen LogP contribution is -2.36. The average Bonchev–Trinajstić information content (AvgIpc) is 3.40. The van der Waals surface area contributed by atoms with Gasteiger partial charge in [-0.2, -0.15) is 5.10 Å². The Labute approximate surface area is 152 Å². The first-order valence-electron chi connectivity index (χ1n) is 9.11. The van der Waals surface area contributed by atoms with Crippen LogP contribution in [0.4, 0.5) is 11.4 Å². The molecule has 5 nitrogen and oxygen atoms in total. The molecule has 1 aliphatic heterocycles. The van der Waals surface area contributed by atoms with Gasteiger partial charge in [0.1, 0.15) is 6.33 Å². The maximum absolute atomic E-state index is 13.6. The summed E-state index contributed by atoms with van der Waals surface area (Å²) in [7, 11) is 0. The minimum absolute atomic E-state index is 0.217. The molecule has 1 amide bonds. The number of anilines is 2. The summed E-state index contributed by atoms with van der Waals surface area (Å²) in [6, 6.07) is 14.4. The number of benzene rings is 2. The van der Waals surface area contributed by atoms with Gasteiger partial charge in [0.2, 0.25) is 5.91 Å². The molecule has 5 heteroatoms. The van der Waals surface area contributed by atoms with Gasteiger partial charge in [-0.1, -0.05) is 43.2 Å². The van der Waals surface area contributed by atoms with E-state index in [1.54, 1.807) is 0 Å². The van der Waals surface area contributed by atoms with Crippen LogP contribution < -0.4 is 4.90 Å². The molecule has 2 aromatic carbocycles. The molecule has 2 aliphatic rings. The van der Waals surface area contributed by atoms with Crippen LogP contribution in [-0.2, 0) is 10.2 Å². The van der Waals surface area contributed by atoms with Crippen LogP contribution in [0.5, 0.6) is 0 Å². The number of rotatable bonds is 2. The minimum Gasteiger partial charge on any atom is -0.280 e. The quantitative estimate of drug-likeness (QED) is 0.755. The number of nitrogens with one attached hydrogen (secondary N) is 1. The summed E-state index contributed by atoms with van der Waals surface area (Å²) in [4.78, 5) is 19.8. The number of hydrogen-bond donors (Lipinski definition) is 1. The van der Waals surface area contributed by atoms with E-state index in [-0.39, 0.29) is 11.3 Å². The topological polar surface area (TPSA) is 61.9 Å². The van der Waals surface area contributed by atoms with Crippen molar-refractivity contribution in [2.24, 2.45) is 0 Å². The van der Waals surface area contributed by atoms with Crippen molar-refractivity contribution in [3.63, 3.8) is 0 Å². The summed E-state index contributed by atoms with van der Waals surface area (Å²) in [6.07, 6.45) is 5.62. The van der Waals surface area contributed by atoms with Crippen LogP contribution in [0.3, 0.4) is 0 Å². The van der Waals surface area contributed by atoms with E-state index in [0.717, 1.165) is 48.2 Å². The molecule has 0 unspecified atom stereocenters. The molecule has 1 aliphatic carbocycles. The zero-order chi connectivity index (χ0) is 17.7. The summed E-state index contributed by atoms with van der Waals surface area (Å²) >= 11 is 0. The largest absolute Gasteiger partial charge is 0.280 e. The number of aryl methyl sites for hydroxylation is 1. The lowest BCUT2D eigenvalue weighted by molar-refractivity contribution is -0.122. The zero-order valence-corrected chi connectivity index (χ0v) is 14.7. The van der Waals surface area contributed by atoms with Gasteiger partial charge in [0.05, 0.1) is 16.8 Å². The molecule has 1 fully saturated rings. The van der Waals surface area contributed by atoms with Crippen molar-refractivity contribution in [1.82, 2.24) is 15.2 Å². The molecule has 0 saturated heterocycles. The molecule has 0 radical (unpaired) electrons. The fourth-order valence-corrected chi connectivity index (χ4v) is 4.56. The summed E-state index contributed by atoms with van der Waals surface area (Å²) < 4.78 is 0. The van der Waals surface area contributed by atoms with Crippen molar-refractivity contribution < 1.29 is 4.79 Å². The normalized spacial score (nSPS) is 17.9. The highest BCUT2D eigenvalue weighted by Gasteiger charge is 2.52. The molecule has 0 atom stereocenters. The van der Waals surface area contributed by atoms with Gasteiger partial charge in [-0.05, 0) is 43.0 Å². The summed E-state index contributed by atoms with van der Waals surface area (Å²) in [5, 5.41) is 6.85. The van der Waals surface area contributed by atoms with Crippen molar-refractivity contribution in [2.75, 3.05) is 4.90 Å². The molecule has 3 aromatic rings. The van der Waals surface area contributed by atoms with Gasteiger partial charge in [-0.15, -0.1) is 0 Å². The molecule has 2 heterocycles. The third-order valence-corrected chi connectivity index (χ3v) is 5.87. The Hall–Kier alpha value is -2.95. The monoisotopic (exact) mass is 344 g/mol. The Kier molecular flexibility index (Phi) is 3.26. The highest BCUT2D eigenvalue weighted by atomic mass is 16.2. The van der Waals surface area contributed by atoms with Gasteiger partial charge in [-0.3, -0.25) is 14.8 Å². The lowest BCUT2D eigenvalue weighted by atomic mass is 9.80. The van der Waals surface area contributed by atoms with E-state index in [9.17, 15) is 4.79 Å². The standard InChI is InChI=1S/C21H20N4O/c1-14-8-9-15(19-22-13-23-24-19)12-18(14)25-17-7-3-2-6-16(17)21(20(25)26)10-4-5-11-21/h2-3,6-9,12-13H,4-5,10-11H2,1H3,(H,22,23,24). The lowest BCUT2D eigenvalue weighted by Gasteiger charge is -2.25. The summed E-state index contributed by atoms with van der Waals surface area (Å²) in [6.45, 7) is 2.05. The third kappa shape index (κ3) is 2.00. The van der Waals surface area contributed by atoms with Gasteiger partial charge in [-0.25, -0.2) is 4.98 Å². The molecule has 1 N–H and O–H groups in total. The van der Waals surface area contributed by atoms with Crippen LogP contribution in [0, 0.1) is 6.92 Å². The number of para-hydroxylation sites is 1. The van der Waals surface area contributed by atoms with Crippen molar-refractivity contribution in [3.05, 3.63) is 59.9 Å². The third-order valence-electron chi connectivity index (χ3n) is 5.87. The van der Waals surface area contributed by atoms with E-state index in [1.807, 2.05) is 35.2 Å². The Balaban J connectivity index is 1.69. The Bertz CT molecular complexity index is 987. The van der Waals surface area contributed by atoms with Crippen LogP contribution in [0.2, 0.25) is 0 Å². The van der Waals surface area contributed by atoms with E-state index in [1.165, 1.54) is 11.9 Å². The molecule has 5 rings (SSSR count). The van der Waals surface area contributed by atoms with Crippen LogP contribution in [0.1, 0.15) is 36.8 Å². The second-order valence-corrected chi connectivity index (χ2v) is 7.28. The van der Waals surface area contributed by atoms with E-state index in [4.69, 9.17) is 0 Å². The second-order valence-electron chi connectivity index (χ2n) is 7.28. The average molecular weight is 344 g/mol. The predicted molar refractivity (Wildman–Crippen MR) is 100 cm³/mol. The number of aromatic nitrogens is 3. The van der Waals surface area contributed by atoms with Crippen LogP contribution >= 0.6 is 0 Å². The number of H-pyrrole nitrogens is 1. The summed E-state index contributed by atoms with van der Waals surface area (Å²) in [5.41, 5.74) is 4.81. The fourth-order valence-electron chi connectivity index (χ4n) is 4.56. The van der Waals surface area contributed by atoms with Crippen molar-refractivity contribution >= 4 is 17.3 Å². The van der Waals surface area contributed by atoms with Crippen molar-refractivity contribution in [1.29, 1.82) is 0 Å². The number of fused-ring (bicyclic) bond motifs is 2. The number of hydrogen-bond acceptors (Lipinski definition) is 3. The Morgan fingerprint density at radius 1 is 1.08 bits per heavy atom. The smallest absolute Gasteiger partial charge is 0.242 e. The second kappa shape index (κ2) is 5.53. The number of aromatic amines is 1. The number of nitrogens with zero attached hydrogens (tertiary/aromatic N) is 3. The number of carbonyl (C=O) groups is 1. The SMILES string of the molecule is Cc1ccc(-c2ncn[nH]2)cc1N1C(=O)C2(CCCC2)c2ccccc21. The first-order valence-corrected chi connectivity index (χ1v) is 9.11. The van der Waals surface area contributed by atoms with Gasteiger partial charge in [0.15, 0.2) is 5.82 Å². The molecule has 26 heavy (non-hydrogen) atoms. The highest BCUT2D eigenvalue weighted by molar-refractivity contribution is 6.13. The fraction of sp³-hybridized carbons (Fsp3) is 0.286. The maximum atomic E-state index is 13.6. The van der Waals surface area contributed by atoms with E-state index >= 15 is 0 Å². The van der Waals surface area contributed by atoms with E-state index < -0.39 is 0 Å². The molecular formula is C21H20N4O. The van der Waals surface area contributed by atoms with Crippen LogP contribution in [0.25, 0.3) is 11.4 Å². The summed E-state index contributed by atoms with van der Waals surface area (Å²) in [5.74, 6) is 0.927. The molecule has 1 aromatic heterocycles. The Morgan fingerprint density at radius 2 is 1.88 bits per heavy atom. The van der Waals surface area contributed by atoms with Gasteiger partial charge in [0.25, 0.3) is 0 Å². The minimum atomic E-state index is -0.342. The molecule has 1 spiro atoms. The first kappa shape index (κ1) is 15.3. The van der Waals surface area contributed by atoms with Crippen LogP contribution in [-0.4, -0.2) is 21.1 Å². The molecule has 1 saturated carbocycles. The van der Waals surface area contributed by atoms with Gasteiger partial charge in [0, 0.05) is 5.56 Å². The molecule has 130 valence electrons. The van der Waals surface area contributed by atoms with Crippen molar-refractivity contribution in [2.45, 2.75) is 38.0 Å². The van der Waals surface area contributed by atoms with Crippen LogP contribution in [0.15, 0.2) is 48.8 Å². The first-order chi connectivity index (χ1) is 12.7. The van der Waals surface area contributed by atoms with E-state index in [2.05, 4.69) is 34.2 Å². The zero-order valence-electron chi connectivity index (χ0n) is 14.7. The van der Waals surface area contributed by atoms with Crippen molar-refractivity contribution in [3.8, 4) is 11.4 Å². The predicted octanol–water partition coefficient (Wildman–Crippen LogP) is 4.27. The van der Waals surface area contributed by atoms with Gasteiger partial charge >= 0.3 is 0 Å². The highest BCUT2D eigenvalue weighted by Crippen LogP contribution is 2.53. The molecule has 0 bridgehead atoms.